The van der Waals surface area contributed by atoms with Crippen molar-refractivity contribution in [2.24, 2.45) is 0 Å². The van der Waals surface area contributed by atoms with E-state index in [9.17, 15) is 0 Å². The number of hydrogen-bond donors (Lipinski definition) is 0. The maximum Gasteiger partial charge on any atom is 0.160 e. The Hall–Kier alpha value is -2.71. The number of nitrogens with zero attached hydrogens (tertiary/aromatic N) is 2. The van der Waals surface area contributed by atoms with Crippen LogP contribution in [0.2, 0.25) is 5.02 Å². The van der Waals surface area contributed by atoms with Crippen molar-refractivity contribution in [1.29, 1.82) is 0 Å². The number of benzene rings is 2. The number of aromatic nitrogens is 2. The van der Waals surface area contributed by atoms with Crippen LogP contribution in [0, 0.1) is 0 Å². The third-order valence-electron chi connectivity index (χ3n) is 3.83. The zero-order valence-electron chi connectivity index (χ0n) is 16.3. The molecule has 1 aromatic heterocycles. The van der Waals surface area contributed by atoms with E-state index < -0.39 is 0 Å². The normalized spacial score (nSPS) is 11.2. The first-order valence-corrected chi connectivity index (χ1v) is 9.59. The molecule has 0 spiro atoms. The molecule has 0 aliphatic rings. The summed E-state index contributed by atoms with van der Waals surface area (Å²) in [5, 5.41) is 0.693. The van der Waals surface area contributed by atoms with Crippen LogP contribution in [0.5, 0.6) is 0 Å². The smallest absolute Gasteiger partial charge is 0.160 e. The Morgan fingerprint density at radius 3 is 2.04 bits per heavy atom. The molecule has 0 aliphatic heterocycles. The molecule has 2 nitrogen and oxygen atoms in total. The Morgan fingerprint density at radius 2 is 1.44 bits per heavy atom. The minimum absolute atomic E-state index is 0.693. The van der Waals surface area contributed by atoms with Gasteiger partial charge in [-0.25, -0.2) is 9.97 Å². The van der Waals surface area contributed by atoms with Crippen LogP contribution >= 0.6 is 11.6 Å². The lowest BCUT2D eigenvalue weighted by Crippen LogP contribution is -1.98. The molecule has 0 N–H and O–H groups in total. The van der Waals surface area contributed by atoms with Gasteiger partial charge in [-0.2, -0.15) is 0 Å². The van der Waals surface area contributed by atoms with Crippen LogP contribution in [-0.2, 0) is 0 Å². The summed E-state index contributed by atoms with van der Waals surface area (Å²) in [6.07, 6.45) is 6.03. The van der Waals surface area contributed by atoms with Gasteiger partial charge in [0.05, 0.1) is 11.4 Å². The molecule has 0 atom stereocenters. The summed E-state index contributed by atoms with van der Waals surface area (Å²) in [5.41, 5.74) is 4.78. The quantitative estimate of drug-likeness (QED) is 0.441. The van der Waals surface area contributed by atoms with Crippen LogP contribution in [0.4, 0.5) is 0 Å². The third kappa shape index (κ3) is 5.38. The van der Waals surface area contributed by atoms with E-state index in [0.717, 1.165) is 28.1 Å². The second-order valence-corrected chi connectivity index (χ2v) is 6.02. The molecule has 0 aliphatic carbocycles. The molecule has 3 heteroatoms. The predicted octanol–water partition coefficient (Wildman–Crippen LogP) is 7.47. The summed E-state index contributed by atoms with van der Waals surface area (Å²) in [5.74, 6) is 0.705. The van der Waals surface area contributed by atoms with Crippen molar-refractivity contribution in [3.8, 4) is 22.5 Å². The van der Waals surface area contributed by atoms with E-state index in [0.29, 0.717) is 10.8 Å². The Kier molecular flexibility index (Phi) is 7.97. The molecule has 0 amide bonds. The average molecular weight is 377 g/mol. The van der Waals surface area contributed by atoms with E-state index in [4.69, 9.17) is 21.6 Å². The van der Waals surface area contributed by atoms with Crippen LogP contribution in [0.1, 0.15) is 33.5 Å². The minimum Gasteiger partial charge on any atom is -0.228 e. The van der Waals surface area contributed by atoms with Gasteiger partial charge in [0.2, 0.25) is 0 Å². The molecule has 27 heavy (non-hydrogen) atoms. The SMILES string of the molecule is C/C=C\C(=C/C)c1nc(-c2ccccc2)cc(-c2cccc(Cl)c2)n1.CC. The fraction of sp³-hybridized carbons (Fsp3) is 0.167. The predicted molar refractivity (Wildman–Crippen MR) is 118 cm³/mol. The highest BCUT2D eigenvalue weighted by Crippen LogP contribution is 2.27. The van der Waals surface area contributed by atoms with E-state index in [1.165, 1.54) is 0 Å². The molecule has 138 valence electrons. The van der Waals surface area contributed by atoms with E-state index in [1.54, 1.807) is 0 Å². The van der Waals surface area contributed by atoms with Gasteiger partial charge in [-0.05, 0) is 32.0 Å². The maximum absolute atomic E-state index is 6.16. The first-order chi connectivity index (χ1) is 13.2. The van der Waals surface area contributed by atoms with Crippen molar-refractivity contribution >= 4 is 17.2 Å². The molecule has 0 radical (unpaired) electrons. The second kappa shape index (κ2) is 10.4. The minimum atomic E-state index is 0.693. The van der Waals surface area contributed by atoms with Crippen LogP contribution < -0.4 is 0 Å². The van der Waals surface area contributed by atoms with Gasteiger partial charge in [0.15, 0.2) is 5.82 Å². The van der Waals surface area contributed by atoms with Crippen LogP contribution in [0.25, 0.3) is 28.1 Å². The van der Waals surface area contributed by atoms with Gasteiger partial charge < -0.3 is 0 Å². The fourth-order valence-corrected chi connectivity index (χ4v) is 2.80. The lowest BCUT2D eigenvalue weighted by Gasteiger charge is -2.10. The molecule has 0 unspecified atom stereocenters. The Morgan fingerprint density at radius 1 is 0.815 bits per heavy atom. The van der Waals surface area contributed by atoms with Crippen molar-refractivity contribution in [1.82, 2.24) is 9.97 Å². The molecule has 0 bridgehead atoms. The van der Waals surface area contributed by atoms with Crippen molar-refractivity contribution in [2.75, 3.05) is 0 Å². The second-order valence-electron chi connectivity index (χ2n) is 5.58. The van der Waals surface area contributed by atoms with Crippen LogP contribution in [0.15, 0.2) is 78.9 Å². The Balaban J connectivity index is 0.00000126. The van der Waals surface area contributed by atoms with Gasteiger partial charge in [-0.15, -0.1) is 0 Å². The highest BCUT2D eigenvalue weighted by atomic mass is 35.5. The molecule has 0 fully saturated rings. The van der Waals surface area contributed by atoms with E-state index in [-0.39, 0.29) is 0 Å². The van der Waals surface area contributed by atoms with Gasteiger partial charge in [-0.1, -0.05) is 86.1 Å². The average Bonchev–Trinajstić information content (AvgIpc) is 2.74. The molecule has 3 aromatic rings. The molecule has 1 heterocycles. The first kappa shape index (κ1) is 20.6. The summed E-state index contributed by atoms with van der Waals surface area (Å²) in [7, 11) is 0. The van der Waals surface area contributed by atoms with Crippen LogP contribution in [-0.4, -0.2) is 9.97 Å². The van der Waals surface area contributed by atoms with Crippen molar-refractivity contribution in [3.63, 3.8) is 0 Å². The monoisotopic (exact) mass is 376 g/mol. The lowest BCUT2D eigenvalue weighted by atomic mass is 10.1. The molecule has 2 aromatic carbocycles. The largest absolute Gasteiger partial charge is 0.228 e. The van der Waals surface area contributed by atoms with E-state index in [2.05, 4.69) is 12.1 Å². The summed E-state index contributed by atoms with van der Waals surface area (Å²) in [6, 6.07) is 19.9. The van der Waals surface area contributed by atoms with Gasteiger partial charge in [0.1, 0.15) is 0 Å². The molecule has 0 saturated heterocycles. The standard InChI is InChI=1S/C22H19ClN2.C2H6/c1-3-9-16(4-2)22-24-20(17-10-6-5-7-11-17)15-21(25-22)18-12-8-13-19(23)14-18;1-2/h3-15H,1-2H3;1-2H3/b9-3-,16-4+;. The summed E-state index contributed by atoms with van der Waals surface area (Å²) < 4.78 is 0. The molecule has 3 rings (SSSR count). The fourth-order valence-electron chi connectivity index (χ4n) is 2.61. The first-order valence-electron chi connectivity index (χ1n) is 9.21. The van der Waals surface area contributed by atoms with E-state index >= 15 is 0 Å². The summed E-state index contributed by atoms with van der Waals surface area (Å²) in [6.45, 7) is 7.98. The molecule has 0 saturated carbocycles. The van der Waals surface area contributed by atoms with Crippen molar-refractivity contribution in [2.45, 2.75) is 27.7 Å². The highest BCUT2D eigenvalue weighted by Gasteiger charge is 2.10. The number of allylic oxidation sites excluding steroid dienone is 4. The van der Waals surface area contributed by atoms with Gasteiger partial charge in [0.25, 0.3) is 0 Å². The Bertz CT molecular complexity index is 928. The number of hydrogen-bond acceptors (Lipinski definition) is 2. The lowest BCUT2D eigenvalue weighted by molar-refractivity contribution is 1.13. The van der Waals surface area contributed by atoms with Crippen molar-refractivity contribution in [3.05, 3.63) is 89.7 Å². The van der Waals surface area contributed by atoms with E-state index in [1.807, 2.05) is 94.5 Å². The van der Waals surface area contributed by atoms with Gasteiger partial charge >= 0.3 is 0 Å². The zero-order chi connectivity index (χ0) is 19.6. The number of halogens is 1. The highest BCUT2D eigenvalue weighted by molar-refractivity contribution is 6.30. The summed E-state index contributed by atoms with van der Waals surface area (Å²) in [4.78, 5) is 9.55. The van der Waals surface area contributed by atoms with Gasteiger partial charge in [-0.3, -0.25) is 0 Å². The van der Waals surface area contributed by atoms with Crippen LogP contribution in [0.3, 0.4) is 0 Å². The summed E-state index contributed by atoms with van der Waals surface area (Å²) >= 11 is 6.16. The third-order valence-corrected chi connectivity index (χ3v) is 4.07. The number of rotatable bonds is 4. The maximum atomic E-state index is 6.16. The molecular formula is C24H25ClN2. The zero-order valence-corrected chi connectivity index (χ0v) is 17.0. The Labute approximate surface area is 167 Å². The molecular weight excluding hydrogens is 352 g/mol. The van der Waals surface area contributed by atoms with Gasteiger partial charge in [0, 0.05) is 21.7 Å². The topological polar surface area (TPSA) is 25.8 Å². The van der Waals surface area contributed by atoms with Crippen molar-refractivity contribution < 1.29 is 0 Å².